The van der Waals surface area contributed by atoms with Gasteiger partial charge in [0.25, 0.3) is 11.8 Å². The Balaban J connectivity index is 1.97. The Labute approximate surface area is 164 Å². The Morgan fingerprint density at radius 3 is 2.41 bits per heavy atom. The molecule has 0 atom stereocenters. The monoisotopic (exact) mass is 453 g/mol. The number of nitrogens with zero attached hydrogens (tertiary/aromatic N) is 3. The smallest absolute Gasteiger partial charge is 0.286 e. The van der Waals surface area contributed by atoms with Gasteiger partial charge in [-0.05, 0) is 46.3 Å². The Morgan fingerprint density at radius 1 is 1.26 bits per heavy atom. The molecule has 27 heavy (non-hydrogen) atoms. The molecule has 2 rings (SSSR count). The van der Waals surface area contributed by atoms with Gasteiger partial charge in [0.1, 0.15) is 5.69 Å². The number of likely N-dealkylation sites (N-methyl/N-ethyl adjacent to an activating group) is 1. The van der Waals surface area contributed by atoms with Gasteiger partial charge in [-0.3, -0.25) is 20.4 Å². The average molecular weight is 454 g/mol. The number of rotatable bonds is 5. The Kier molecular flexibility index (Phi) is 6.37. The highest BCUT2D eigenvalue weighted by atomic mass is 79.9. The van der Waals surface area contributed by atoms with Gasteiger partial charge < -0.3 is 4.57 Å². The number of aryl methyl sites for hydroxylation is 1. The van der Waals surface area contributed by atoms with E-state index in [4.69, 9.17) is 5.26 Å². The molecular formula is C16H16BrN5O4S. The van der Waals surface area contributed by atoms with E-state index < -0.39 is 28.4 Å². The molecule has 0 unspecified atom stereocenters. The van der Waals surface area contributed by atoms with Crippen LogP contribution in [0.1, 0.15) is 16.1 Å². The molecule has 0 saturated carbocycles. The summed E-state index contributed by atoms with van der Waals surface area (Å²) in [5.74, 6) is -1.26. The number of aromatic nitrogens is 1. The van der Waals surface area contributed by atoms with Crippen LogP contribution in [0.4, 0.5) is 0 Å². The number of nitrogens with one attached hydrogen (secondary N) is 2. The highest BCUT2D eigenvalue weighted by molar-refractivity contribution is 9.10. The molecule has 0 aliphatic carbocycles. The van der Waals surface area contributed by atoms with Crippen molar-refractivity contribution in [2.24, 2.45) is 7.05 Å². The van der Waals surface area contributed by atoms with Gasteiger partial charge in [-0.2, -0.15) is 9.57 Å². The molecule has 0 aliphatic rings. The van der Waals surface area contributed by atoms with Gasteiger partial charge in [0.05, 0.1) is 23.1 Å². The van der Waals surface area contributed by atoms with Crippen LogP contribution in [0.15, 0.2) is 45.9 Å². The Morgan fingerprint density at radius 2 is 1.89 bits per heavy atom. The van der Waals surface area contributed by atoms with Gasteiger partial charge in [-0.1, -0.05) is 0 Å². The summed E-state index contributed by atoms with van der Waals surface area (Å²) in [4.78, 5) is 23.9. The summed E-state index contributed by atoms with van der Waals surface area (Å²) in [6.45, 7) is -0.501. The first kappa shape index (κ1) is 20.6. The third kappa shape index (κ3) is 4.94. The van der Waals surface area contributed by atoms with Gasteiger partial charge in [-0.15, -0.1) is 0 Å². The van der Waals surface area contributed by atoms with Gasteiger partial charge >= 0.3 is 0 Å². The number of halogens is 1. The van der Waals surface area contributed by atoms with Crippen molar-refractivity contribution >= 4 is 37.8 Å². The van der Waals surface area contributed by atoms with Crippen molar-refractivity contribution in [1.82, 2.24) is 19.7 Å². The first-order chi connectivity index (χ1) is 12.6. The molecule has 11 heteroatoms. The molecule has 142 valence electrons. The molecule has 1 aromatic carbocycles. The van der Waals surface area contributed by atoms with E-state index in [0.29, 0.717) is 15.7 Å². The topological polar surface area (TPSA) is 124 Å². The van der Waals surface area contributed by atoms with Crippen molar-refractivity contribution < 1.29 is 18.0 Å². The number of benzene rings is 1. The molecule has 0 aliphatic heterocycles. The summed E-state index contributed by atoms with van der Waals surface area (Å²) in [7, 11) is -1.01. The number of hydrogen-bond donors (Lipinski definition) is 2. The van der Waals surface area contributed by atoms with Gasteiger partial charge in [0, 0.05) is 24.8 Å². The largest absolute Gasteiger partial charge is 0.345 e. The van der Waals surface area contributed by atoms with E-state index in [0.717, 1.165) is 4.31 Å². The molecule has 9 nitrogen and oxygen atoms in total. The van der Waals surface area contributed by atoms with Gasteiger partial charge in [0.2, 0.25) is 10.0 Å². The van der Waals surface area contributed by atoms with E-state index in [1.54, 1.807) is 23.9 Å². The first-order valence-electron chi connectivity index (χ1n) is 7.52. The number of amides is 2. The van der Waals surface area contributed by atoms with Crippen LogP contribution in [0.25, 0.3) is 0 Å². The van der Waals surface area contributed by atoms with E-state index in [2.05, 4.69) is 26.8 Å². The van der Waals surface area contributed by atoms with E-state index in [-0.39, 0.29) is 4.90 Å². The lowest BCUT2D eigenvalue weighted by Gasteiger charge is -2.17. The average Bonchev–Trinajstić information content (AvgIpc) is 2.97. The Bertz CT molecular complexity index is 1010. The number of sulfonamides is 1. The van der Waals surface area contributed by atoms with Crippen molar-refractivity contribution in [2.75, 3.05) is 13.6 Å². The molecule has 1 aromatic heterocycles. The van der Waals surface area contributed by atoms with E-state index in [9.17, 15) is 18.0 Å². The van der Waals surface area contributed by atoms with E-state index in [1.807, 2.05) is 6.07 Å². The fourth-order valence-electron chi connectivity index (χ4n) is 2.15. The quantitative estimate of drug-likeness (QED) is 0.645. The summed E-state index contributed by atoms with van der Waals surface area (Å²) in [6.07, 6.45) is 1.68. The zero-order valence-corrected chi connectivity index (χ0v) is 16.8. The molecule has 0 spiro atoms. The molecule has 1 heterocycles. The predicted molar refractivity (Wildman–Crippen MR) is 99.7 cm³/mol. The minimum atomic E-state index is -3.91. The molecule has 0 fully saturated rings. The molecule has 0 radical (unpaired) electrons. The lowest BCUT2D eigenvalue weighted by Crippen LogP contribution is -2.47. The second-order valence-corrected chi connectivity index (χ2v) is 8.51. The van der Waals surface area contributed by atoms with Crippen molar-refractivity contribution in [3.63, 3.8) is 0 Å². The SMILES string of the molecule is CN(CC(=O)NNC(=O)c1cc(Br)cn1C)S(=O)(=O)c1ccc(C#N)cc1. The fourth-order valence-corrected chi connectivity index (χ4v) is 3.80. The zero-order valence-electron chi connectivity index (χ0n) is 14.4. The van der Waals surface area contributed by atoms with Crippen LogP contribution in [0.5, 0.6) is 0 Å². The summed E-state index contributed by atoms with van der Waals surface area (Å²) in [6, 6.07) is 8.79. The Hall–Kier alpha value is -2.68. The molecule has 2 N–H and O–H groups in total. The molecule has 2 aromatic rings. The van der Waals surface area contributed by atoms with Crippen LogP contribution >= 0.6 is 15.9 Å². The van der Waals surface area contributed by atoms with Crippen LogP contribution in [-0.2, 0) is 21.9 Å². The number of carbonyl (C=O) groups is 2. The minimum absolute atomic E-state index is 0.0468. The predicted octanol–water partition coefficient (Wildman–Crippen LogP) is 0.741. The minimum Gasteiger partial charge on any atom is -0.345 e. The lowest BCUT2D eigenvalue weighted by atomic mass is 10.2. The highest BCUT2D eigenvalue weighted by Crippen LogP contribution is 2.15. The number of carbonyl (C=O) groups excluding carboxylic acids is 2. The molecular weight excluding hydrogens is 438 g/mol. The standard InChI is InChI=1S/C16H16BrN5O4S/c1-21-9-12(17)7-14(21)16(24)20-19-15(23)10-22(2)27(25,26)13-5-3-11(8-18)4-6-13/h3-7,9H,10H2,1-2H3,(H,19,23)(H,20,24). The third-order valence-electron chi connectivity index (χ3n) is 3.58. The maximum atomic E-state index is 12.4. The summed E-state index contributed by atoms with van der Waals surface area (Å²) >= 11 is 3.24. The number of hydrogen-bond acceptors (Lipinski definition) is 5. The third-order valence-corrected chi connectivity index (χ3v) is 5.83. The number of hydrazine groups is 1. The maximum absolute atomic E-state index is 12.4. The summed E-state index contributed by atoms with van der Waals surface area (Å²) < 4.78 is 28.0. The van der Waals surface area contributed by atoms with Crippen molar-refractivity contribution in [2.45, 2.75) is 4.90 Å². The summed E-state index contributed by atoms with van der Waals surface area (Å²) in [5.41, 5.74) is 5.03. The van der Waals surface area contributed by atoms with Crippen LogP contribution in [0.3, 0.4) is 0 Å². The zero-order chi connectivity index (χ0) is 20.2. The normalized spacial score (nSPS) is 11.1. The molecule has 2 amide bonds. The number of nitriles is 1. The fraction of sp³-hybridized carbons (Fsp3) is 0.188. The van der Waals surface area contributed by atoms with Crippen molar-refractivity contribution in [1.29, 1.82) is 5.26 Å². The second-order valence-electron chi connectivity index (χ2n) is 5.55. The van der Waals surface area contributed by atoms with Crippen molar-refractivity contribution in [3.8, 4) is 6.07 Å². The van der Waals surface area contributed by atoms with Crippen LogP contribution < -0.4 is 10.9 Å². The van der Waals surface area contributed by atoms with Crippen molar-refractivity contribution in [3.05, 3.63) is 52.3 Å². The highest BCUT2D eigenvalue weighted by Gasteiger charge is 2.23. The van der Waals surface area contributed by atoms with Gasteiger partial charge in [-0.25, -0.2) is 8.42 Å². The maximum Gasteiger partial charge on any atom is 0.286 e. The van der Waals surface area contributed by atoms with E-state index in [1.165, 1.54) is 31.3 Å². The molecule has 0 saturated heterocycles. The summed E-state index contributed by atoms with van der Waals surface area (Å²) in [5, 5.41) is 8.76. The van der Waals surface area contributed by atoms with Crippen LogP contribution in [0.2, 0.25) is 0 Å². The van der Waals surface area contributed by atoms with Crippen LogP contribution in [0, 0.1) is 11.3 Å². The second kappa shape index (κ2) is 8.34. The lowest BCUT2D eigenvalue weighted by molar-refractivity contribution is -0.121. The van der Waals surface area contributed by atoms with Gasteiger partial charge in [0.15, 0.2) is 0 Å². The first-order valence-corrected chi connectivity index (χ1v) is 9.76. The molecule has 0 bridgehead atoms. The van der Waals surface area contributed by atoms with Crippen LogP contribution in [-0.4, -0.2) is 42.7 Å². The van der Waals surface area contributed by atoms with E-state index >= 15 is 0 Å².